The zero-order chi connectivity index (χ0) is 24.1. The number of carbonyl (C=O) groups excluding carboxylic acids is 2. The minimum absolute atomic E-state index is 0.0292. The van der Waals surface area contributed by atoms with Gasteiger partial charge in [0.1, 0.15) is 5.69 Å². The lowest BCUT2D eigenvalue weighted by Gasteiger charge is -2.16. The van der Waals surface area contributed by atoms with Crippen molar-refractivity contribution in [2.45, 2.75) is 19.0 Å². The third-order valence-corrected chi connectivity index (χ3v) is 6.16. The van der Waals surface area contributed by atoms with Gasteiger partial charge in [0.2, 0.25) is 0 Å². The van der Waals surface area contributed by atoms with Crippen LogP contribution in [0.25, 0.3) is 10.9 Å². The maximum Gasteiger partial charge on any atom is 0.270 e. The molecule has 9 nitrogen and oxygen atoms in total. The summed E-state index contributed by atoms with van der Waals surface area (Å²) in [6, 6.07) is 15.1. The molecule has 5 N–H and O–H groups in total. The number of carbonyl (C=O) groups is 2. The van der Waals surface area contributed by atoms with Crippen LogP contribution in [0.2, 0.25) is 0 Å². The quantitative estimate of drug-likeness (QED) is 0.284. The number of hydrogen-bond donors (Lipinski definition) is 4. The first-order valence-electron chi connectivity index (χ1n) is 11.5. The predicted molar refractivity (Wildman–Crippen MR) is 133 cm³/mol. The fourth-order valence-electron chi connectivity index (χ4n) is 4.19. The molecule has 1 atom stereocenters. The lowest BCUT2D eigenvalue weighted by atomic mass is 10.1. The molecule has 1 unspecified atom stereocenters. The van der Waals surface area contributed by atoms with Crippen molar-refractivity contribution < 1.29 is 14.3 Å². The summed E-state index contributed by atoms with van der Waals surface area (Å²) in [5, 5.41) is 4.13. The van der Waals surface area contributed by atoms with E-state index in [1.165, 1.54) is 0 Å². The highest BCUT2D eigenvalue weighted by Gasteiger charge is 2.27. The number of benzene rings is 2. The molecule has 1 fully saturated rings. The Labute approximate surface area is 199 Å². The molecule has 3 aromatic rings. The Morgan fingerprint density at radius 2 is 1.97 bits per heavy atom. The molecule has 1 aromatic heterocycles. The fourth-order valence-corrected chi connectivity index (χ4v) is 4.19. The number of likely N-dealkylation sites (tertiary alicyclic amines) is 1. The van der Waals surface area contributed by atoms with Crippen molar-refractivity contribution in [1.82, 2.24) is 20.2 Å². The number of nitrogens with one attached hydrogen (secondary N) is 3. The van der Waals surface area contributed by atoms with Crippen molar-refractivity contribution in [3.8, 4) is 0 Å². The highest BCUT2D eigenvalue weighted by atomic mass is 16.5. The van der Waals surface area contributed by atoms with Gasteiger partial charge in [-0.15, -0.1) is 0 Å². The molecule has 2 heterocycles. The first-order valence-corrected chi connectivity index (χ1v) is 11.5. The van der Waals surface area contributed by atoms with Crippen molar-refractivity contribution in [1.29, 1.82) is 0 Å². The lowest BCUT2D eigenvalue weighted by molar-refractivity contribution is 0.0781. The van der Waals surface area contributed by atoms with E-state index in [-0.39, 0.29) is 17.9 Å². The van der Waals surface area contributed by atoms with E-state index < -0.39 is 0 Å². The van der Waals surface area contributed by atoms with Crippen LogP contribution in [0.5, 0.6) is 0 Å². The van der Waals surface area contributed by atoms with Gasteiger partial charge in [-0.2, -0.15) is 0 Å². The minimum Gasteiger partial charge on any atom is -0.383 e. The average Bonchev–Trinajstić information content (AvgIpc) is 3.44. The molecule has 2 amide bonds. The van der Waals surface area contributed by atoms with Gasteiger partial charge in [0.15, 0.2) is 0 Å². The molecule has 1 saturated heterocycles. The van der Waals surface area contributed by atoms with Crippen LogP contribution in [0, 0.1) is 0 Å². The van der Waals surface area contributed by atoms with Crippen LogP contribution in [0.4, 0.5) is 5.69 Å². The maximum absolute atomic E-state index is 13.0. The number of rotatable bonds is 9. The van der Waals surface area contributed by atoms with Crippen molar-refractivity contribution in [2.75, 3.05) is 38.8 Å². The number of nitrogens with zero attached hydrogens (tertiary/aromatic N) is 2. The van der Waals surface area contributed by atoms with Crippen LogP contribution in [0.3, 0.4) is 0 Å². The molecule has 0 spiro atoms. The zero-order valence-corrected chi connectivity index (χ0v) is 19.6. The van der Waals surface area contributed by atoms with Crippen molar-refractivity contribution in [3.05, 3.63) is 65.4 Å². The highest BCUT2D eigenvalue weighted by molar-refractivity contribution is 6.03. The van der Waals surface area contributed by atoms with Gasteiger partial charge in [0.05, 0.1) is 17.8 Å². The summed E-state index contributed by atoms with van der Waals surface area (Å²) >= 11 is 0. The molecule has 180 valence electrons. The van der Waals surface area contributed by atoms with Gasteiger partial charge in [0, 0.05) is 57.3 Å². The second-order valence-electron chi connectivity index (χ2n) is 8.57. The largest absolute Gasteiger partial charge is 0.383 e. The number of aromatic nitrogens is 1. The van der Waals surface area contributed by atoms with Crippen molar-refractivity contribution in [2.24, 2.45) is 12.8 Å². The number of hydrogen-bond acceptors (Lipinski definition) is 6. The van der Waals surface area contributed by atoms with E-state index in [0.717, 1.165) is 35.1 Å². The Morgan fingerprint density at radius 3 is 2.68 bits per heavy atom. The van der Waals surface area contributed by atoms with Gasteiger partial charge in [0.25, 0.3) is 11.8 Å². The van der Waals surface area contributed by atoms with E-state index in [2.05, 4.69) is 16.2 Å². The van der Waals surface area contributed by atoms with Crippen LogP contribution in [0.15, 0.2) is 48.5 Å². The maximum atomic E-state index is 13.0. The Bertz CT molecular complexity index is 1160. The third kappa shape index (κ3) is 5.22. The van der Waals surface area contributed by atoms with Gasteiger partial charge < -0.3 is 25.3 Å². The fraction of sp³-hybridized carbons (Fsp3) is 0.360. The monoisotopic (exact) mass is 464 g/mol. The van der Waals surface area contributed by atoms with Gasteiger partial charge in [-0.3, -0.25) is 20.4 Å². The Morgan fingerprint density at radius 1 is 1.18 bits per heavy atom. The molecule has 2 aromatic carbocycles. The van der Waals surface area contributed by atoms with Crippen molar-refractivity contribution in [3.63, 3.8) is 0 Å². The molecule has 0 saturated carbocycles. The number of amides is 2. The normalized spacial score (nSPS) is 15.6. The Kier molecular flexibility index (Phi) is 7.46. The molecular formula is C25H32N6O3. The molecule has 1 aliphatic rings. The summed E-state index contributed by atoms with van der Waals surface area (Å²) in [6.07, 6.45) is 0.819. The lowest BCUT2D eigenvalue weighted by Crippen LogP contribution is -2.32. The van der Waals surface area contributed by atoms with E-state index in [4.69, 9.17) is 10.5 Å². The number of aryl methyl sites for hydroxylation is 1. The number of hydrazine groups is 1. The molecular weight excluding hydrogens is 432 g/mol. The standard InChI is InChI=1S/C25H32N6O3/c1-30-22-5-3-4-21(20(22)14-23(30)25(33)31-12-10-19(26)16-31)28-29-24(32)18-8-6-17(7-9-18)15-27-11-13-34-2/h3-9,14,19,27-28H,10-13,15-16,26H2,1-2H3,(H,29,32). The van der Waals surface area contributed by atoms with E-state index in [0.29, 0.717) is 37.5 Å². The summed E-state index contributed by atoms with van der Waals surface area (Å²) in [6.45, 7) is 3.38. The smallest absolute Gasteiger partial charge is 0.270 e. The number of nitrogens with two attached hydrogens (primary N) is 1. The summed E-state index contributed by atoms with van der Waals surface area (Å²) in [5.74, 6) is -0.271. The van der Waals surface area contributed by atoms with E-state index in [1.807, 2.05) is 48.0 Å². The zero-order valence-electron chi connectivity index (χ0n) is 19.6. The Hall–Kier alpha value is -3.40. The third-order valence-electron chi connectivity index (χ3n) is 6.16. The number of ether oxygens (including phenoxy) is 1. The highest BCUT2D eigenvalue weighted by Crippen LogP contribution is 2.27. The van der Waals surface area contributed by atoms with Crippen LogP contribution in [-0.2, 0) is 18.3 Å². The number of fused-ring (bicyclic) bond motifs is 1. The molecule has 34 heavy (non-hydrogen) atoms. The van der Waals surface area contributed by atoms with Crippen LogP contribution in [-0.4, -0.2) is 60.7 Å². The molecule has 4 rings (SSSR count). The first kappa shape index (κ1) is 23.7. The SMILES string of the molecule is COCCNCc1ccc(C(=O)NNc2cccc3c2cc(C(=O)N2CCC(N)C2)n3C)cc1. The van der Waals surface area contributed by atoms with Crippen LogP contribution >= 0.6 is 0 Å². The molecule has 9 heteroatoms. The molecule has 0 bridgehead atoms. The Balaban J connectivity index is 1.42. The van der Waals surface area contributed by atoms with Gasteiger partial charge in [-0.25, -0.2) is 0 Å². The molecule has 0 aliphatic carbocycles. The van der Waals surface area contributed by atoms with Gasteiger partial charge in [-0.1, -0.05) is 18.2 Å². The second-order valence-corrected chi connectivity index (χ2v) is 8.57. The molecule has 0 radical (unpaired) electrons. The summed E-state index contributed by atoms with van der Waals surface area (Å²) < 4.78 is 6.90. The van der Waals surface area contributed by atoms with E-state index >= 15 is 0 Å². The number of anilines is 1. The molecule has 1 aliphatic heterocycles. The van der Waals surface area contributed by atoms with Crippen LogP contribution < -0.4 is 21.9 Å². The summed E-state index contributed by atoms with van der Waals surface area (Å²) in [4.78, 5) is 27.5. The minimum atomic E-state index is -0.241. The number of methoxy groups -OCH3 is 1. The predicted octanol–water partition coefficient (Wildman–Crippen LogP) is 1.84. The second kappa shape index (κ2) is 10.7. The van der Waals surface area contributed by atoms with E-state index in [9.17, 15) is 9.59 Å². The first-order chi connectivity index (χ1) is 16.5. The average molecular weight is 465 g/mol. The topological polar surface area (TPSA) is 114 Å². The van der Waals surface area contributed by atoms with Crippen molar-refractivity contribution >= 4 is 28.4 Å². The van der Waals surface area contributed by atoms with E-state index in [1.54, 1.807) is 24.1 Å². The van der Waals surface area contributed by atoms with Gasteiger partial charge in [-0.05, 0) is 42.3 Å². The summed E-state index contributed by atoms with van der Waals surface area (Å²) in [7, 11) is 3.55. The van der Waals surface area contributed by atoms with Gasteiger partial charge >= 0.3 is 0 Å². The summed E-state index contributed by atoms with van der Waals surface area (Å²) in [5.41, 5.74) is 15.6. The van der Waals surface area contributed by atoms with Crippen LogP contribution in [0.1, 0.15) is 32.8 Å².